The Morgan fingerprint density at radius 1 is 1.26 bits per heavy atom. The van der Waals surface area contributed by atoms with Crippen LogP contribution in [-0.4, -0.2) is 25.5 Å². The number of aryl methyl sites for hydroxylation is 1. The lowest BCUT2D eigenvalue weighted by atomic mass is 10.2. The van der Waals surface area contributed by atoms with Gasteiger partial charge in [-0.1, -0.05) is 15.9 Å². The molecule has 0 aliphatic carbocycles. The smallest absolute Gasteiger partial charge is 0.339 e. The number of nitrogens with zero attached hydrogens (tertiary/aromatic N) is 2. The zero-order valence-electron chi connectivity index (χ0n) is 15.0. The summed E-state index contributed by atoms with van der Waals surface area (Å²) in [6.45, 7) is 4.18. The minimum absolute atomic E-state index is 0.0647. The summed E-state index contributed by atoms with van der Waals surface area (Å²) < 4.78 is 11.8. The molecule has 0 atom stereocenters. The molecule has 0 unspecified atom stereocenters. The normalized spacial score (nSPS) is 10.3. The number of carbonyl (C=O) groups is 1. The second-order valence-corrected chi connectivity index (χ2v) is 6.23. The molecule has 0 aliphatic rings. The number of anilines is 1. The third kappa shape index (κ3) is 6.31. The third-order valence-corrected chi connectivity index (χ3v) is 4.25. The number of urea groups is 1. The third-order valence-electron chi connectivity index (χ3n) is 3.36. The molecule has 2 aromatic rings. The Balaban J connectivity index is 1.98. The number of hydrazone groups is 1. The van der Waals surface area contributed by atoms with Gasteiger partial charge in [0.25, 0.3) is 0 Å². The lowest BCUT2D eigenvalue weighted by molar-refractivity contribution is 0.252. The molecule has 2 rings (SSSR count). The van der Waals surface area contributed by atoms with Crippen LogP contribution in [0.2, 0.25) is 0 Å². The SMILES string of the molecule is CCOc1cc(/C=N/NC(=O)Nc2ccc(Br)c(C)c2)ccc1OCC#N. The van der Waals surface area contributed by atoms with Crippen molar-refractivity contribution in [2.24, 2.45) is 5.10 Å². The van der Waals surface area contributed by atoms with Crippen LogP contribution in [0.5, 0.6) is 11.5 Å². The predicted octanol–water partition coefficient (Wildman–Crippen LogP) is 4.21. The molecule has 0 heterocycles. The second kappa shape index (κ2) is 10.2. The highest BCUT2D eigenvalue weighted by atomic mass is 79.9. The van der Waals surface area contributed by atoms with Gasteiger partial charge in [0.15, 0.2) is 18.1 Å². The van der Waals surface area contributed by atoms with E-state index in [0.29, 0.717) is 29.4 Å². The molecule has 0 radical (unpaired) electrons. The molecule has 0 spiro atoms. The lowest BCUT2D eigenvalue weighted by Crippen LogP contribution is -2.24. The molecular weight excluding hydrogens is 412 g/mol. The van der Waals surface area contributed by atoms with Crippen molar-refractivity contribution in [2.45, 2.75) is 13.8 Å². The van der Waals surface area contributed by atoms with Gasteiger partial charge in [-0.25, -0.2) is 10.2 Å². The Morgan fingerprint density at radius 2 is 2.07 bits per heavy atom. The molecule has 140 valence electrons. The minimum Gasteiger partial charge on any atom is -0.490 e. The van der Waals surface area contributed by atoms with E-state index in [1.807, 2.05) is 32.0 Å². The van der Waals surface area contributed by atoms with Crippen LogP contribution in [0.3, 0.4) is 0 Å². The number of ether oxygens (including phenoxy) is 2. The zero-order valence-corrected chi connectivity index (χ0v) is 16.5. The molecule has 0 saturated carbocycles. The van der Waals surface area contributed by atoms with E-state index in [1.165, 1.54) is 6.21 Å². The Bertz CT molecular complexity index is 878. The minimum atomic E-state index is -0.452. The number of nitrogens with one attached hydrogen (secondary N) is 2. The van der Waals surface area contributed by atoms with E-state index in [4.69, 9.17) is 14.7 Å². The molecule has 8 heteroatoms. The van der Waals surface area contributed by atoms with E-state index in [1.54, 1.807) is 24.3 Å². The van der Waals surface area contributed by atoms with Crippen molar-refractivity contribution < 1.29 is 14.3 Å². The summed E-state index contributed by atoms with van der Waals surface area (Å²) in [6.07, 6.45) is 1.49. The van der Waals surface area contributed by atoms with Gasteiger partial charge in [-0.2, -0.15) is 10.4 Å². The maximum atomic E-state index is 11.9. The maximum Gasteiger partial charge on any atom is 0.339 e. The number of halogens is 1. The first-order valence-electron chi connectivity index (χ1n) is 8.16. The van der Waals surface area contributed by atoms with Gasteiger partial charge < -0.3 is 14.8 Å². The Morgan fingerprint density at radius 3 is 2.78 bits per heavy atom. The quantitative estimate of drug-likeness (QED) is 0.507. The largest absolute Gasteiger partial charge is 0.490 e. The fourth-order valence-corrected chi connectivity index (χ4v) is 2.40. The summed E-state index contributed by atoms with van der Waals surface area (Å²) in [5, 5.41) is 15.2. The molecule has 2 amide bonds. The standard InChI is InChI=1S/C19H19BrN4O3/c1-3-26-18-11-14(4-7-17(18)27-9-8-21)12-22-24-19(25)23-15-5-6-16(20)13(2)10-15/h4-7,10-12H,3,9H2,1-2H3,(H2,23,24,25)/b22-12+. The highest BCUT2D eigenvalue weighted by Crippen LogP contribution is 2.28. The molecular formula is C19H19BrN4O3. The van der Waals surface area contributed by atoms with E-state index >= 15 is 0 Å². The molecule has 0 aliphatic heterocycles. The summed E-state index contributed by atoms with van der Waals surface area (Å²) in [5.74, 6) is 0.985. The fourth-order valence-electron chi connectivity index (χ4n) is 2.15. The number of carbonyl (C=O) groups excluding carboxylic acids is 1. The van der Waals surface area contributed by atoms with E-state index in [-0.39, 0.29) is 6.61 Å². The molecule has 2 aromatic carbocycles. The van der Waals surface area contributed by atoms with Gasteiger partial charge in [0, 0.05) is 10.2 Å². The average Bonchev–Trinajstić information content (AvgIpc) is 2.64. The van der Waals surface area contributed by atoms with Crippen LogP contribution in [0.25, 0.3) is 0 Å². The molecule has 27 heavy (non-hydrogen) atoms. The zero-order chi connectivity index (χ0) is 19.6. The highest BCUT2D eigenvalue weighted by molar-refractivity contribution is 9.10. The van der Waals surface area contributed by atoms with Crippen LogP contribution < -0.4 is 20.2 Å². The van der Waals surface area contributed by atoms with E-state index in [9.17, 15) is 4.79 Å². The van der Waals surface area contributed by atoms with Gasteiger partial charge in [-0.3, -0.25) is 0 Å². The van der Waals surface area contributed by atoms with Crippen molar-refractivity contribution in [1.29, 1.82) is 5.26 Å². The van der Waals surface area contributed by atoms with E-state index in [2.05, 4.69) is 31.8 Å². The van der Waals surface area contributed by atoms with Crippen LogP contribution in [0.1, 0.15) is 18.1 Å². The fraction of sp³-hybridized carbons (Fsp3) is 0.211. The topological polar surface area (TPSA) is 95.7 Å². The first-order chi connectivity index (χ1) is 13.0. The van der Waals surface area contributed by atoms with Gasteiger partial charge in [0.05, 0.1) is 12.8 Å². The van der Waals surface area contributed by atoms with Crippen LogP contribution in [0.15, 0.2) is 46.0 Å². The summed E-state index contributed by atoms with van der Waals surface area (Å²) in [4.78, 5) is 11.9. The molecule has 0 fully saturated rings. The van der Waals surface area contributed by atoms with E-state index in [0.717, 1.165) is 10.0 Å². The Labute approximate surface area is 166 Å². The van der Waals surface area contributed by atoms with Gasteiger partial charge in [-0.15, -0.1) is 0 Å². The number of nitriles is 1. The number of hydrogen-bond donors (Lipinski definition) is 2. The number of hydrogen-bond acceptors (Lipinski definition) is 5. The van der Waals surface area contributed by atoms with Crippen molar-refractivity contribution in [2.75, 3.05) is 18.5 Å². The van der Waals surface area contributed by atoms with Crippen LogP contribution >= 0.6 is 15.9 Å². The Hall–Kier alpha value is -3.05. The molecule has 0 aromatic heterocycles. The predicted molar refractivity (Wildman–Crippen MR) is 107 cm³/mol. The van der Waals surface area contributed by atoms with Gasteiger partial charge in [-0.05, 0) is 61.4 Å². The molecule has 0 bridgehead atoms. The highest BCUT2D eigenvalue weighted by Gasteiger charge is 2.06. The molecule has 7 nitrogen and oxygen atoms in total. The van der Waals surface area contributed by atoms with Crippen molar-refractivity contribution in [1.82, 2.24) is 5.43 Å². The first-order valence-corrected chi connectivity index (χ1v) is 8.95. The monoisotopic (exact) mass is 430 g/mol. The van der Waals surface area contributed by atoms with Crippen LogP contribution in [0, 0.1) is 18.3 Å². The lowest BCUT2D eigenvalue weighted by Gasteiger charge is -2.10. The van der Waals surface area contributed by atoms with Crippen LogP contribution in [0.4, 0.5) is 10.5 Å². The average molecular weight is 431 g/mol. The summed E-state index contributed by atoms with van der Waals surface area (Å²) in [6, 6.07) is 12.1. The Kier molecular flexibility index (Phi) is 7.64. The van der Waals surface area contributed by atoms with Gasteiger partial charge in [0.1, 0.15) is 6.07 Å². The summed E-state index contributed by atoms with van der Waals surface area (Å²) in [7, 11) is 0. The summed E-state index contributed by atoms with van der Waals surface area (Å²) in [5.41, 5.74) is 4.80. The van der Waals surface area contributed by atoms with Gasteiger partial charge >= 0.3 is 6.03 Å². The number of benzene rings is 2. The second-order valence-electron chi connectivity index (χ2n) is 5.37. The maximum absolute atomic E-state index is 11.9. The number of rotatable bonds is 7. The van der Waals surface area contributed by atoms with E-state index < -0.39 is 6.03 Å². The first kappa shape index (κ1) is 20.3. The van der Waals surface area contributed by atoms with Crippen molar-refractivity contribution >= 4 is 33.9 Å². The van der Waals surface area contributed by atoms with Crippen LogP contribution in [-0.2, 0) is 0 Å². The van der Waals surface area contributed by atoms with Crippen molar-refractivity contribution in [3.8, 4) is 17.6 Å². The van der Waals surface area contributed by atoms with Crippen molar-refractivity contribution in [3.63, 3.8) is 0 Å². The molecule has 2 N–H and O–H groups in total. The number of amides is 2. The van der Waals surface area contributed by atoms with Gasteiger partial charge in [0.2, 0.25) is 0 Å². The van der Waals surface area contributed by atoms with Crippen molar-refractivity contribution in [3.05, 3.63) is 52.0 Å². The molecule has 0 saturated heterocycles. The summed E-state index contributed by atoms with van der Waals surface area (Å²) >= 11 is 3.41.